The van der Waals surface area contributed by atoms with Crippen LogP contribution in [-0.4, -0.2) is 46.2 Å². The van der Waals surface area contributed by atoms with Crippen molar-refractivity contribution in [2.75, 3.05) is 36.0 Å². The molecule has 2 aromatic carbocycles. The van der Waals surface area contributed by atoms with E-state index in [1.54, 1.807) is 10.6 Å². The minimum Gasteiger partial charge on any atom is -0.477 e. The van der Waals surface area contributed by atoms with E-state index in [-0.39, 0.29) is 10.9 Å². The minimum absolute atomic E-state index is 0.0728. The molecule has 1 saturated heterocycles. The zero-order chi connectivity index (χ0) is 24.2. The highest BCUT2D eigenvalue weighted by molar-refractivity contribution is 7.13. The minimum atomic E-state index is -1.32. The predicted octanol–water partition coefficient (Wildman–Crippen LogP) is 4.53. The van der Waals surface area contributed by atoms with E-state index in [4.69, 9.17) is 0 Å². The van der Waals surface area contributed by atoms with Gasteiger partial charge in [-0.3, -0.25) is 4.79 Å². The van der Waals surface area contributed by atoms with Crippen LogP contribution in [0.5, 0.6) is 0 Å². The van der Waals surface area contributed by atoms with Gasteiger partial charge in [0.1, 0.15) is 17.2 Å². The highest BCUT2D eigenvalue weighted by Crippen LogP contribution is 2.32. The molecule has 1 fully saturated rings. The number of aromatic carboxylic acids is 1. The predicted molar refractivity (Wildman–Crippen MR) is 134 cm³/mol. The number of benzene rings is 2. The third kappa shape index (κ3) is 3.69. The highest BCUT2D eigenvalue weighted by atomic mass is 32.1. The lowest BCUT2D eigenvalue weighted by molar-refractivity contribution is 0.0694. The number of aromatic nitrogens is 2. The molecule has 0 radical (unpaired) electrons. The van der Waals surface area contributed by atoms with Crippen molar-refractivity contribution in [3.05, 3.63) is 64.2 Å². The molecule has 0 aliphatic carbocycles. The summed E-state index contributed by atoms with van der Waals surface area (Å²) in [6.45, 7) is 8.33. The van der Waals surface area contributed by atoms with Gasteiger partial charge in [-0.2, -0.15) is 4.37 Å². The molecule has 1 N–H and O–H groups in total. The average Bonchev–Trinajstić information content (AvgIpc) is 3.22. The SMILES string of the molecule is CC(C)(C)n1cc(C(=O)O)c(=O)c2cc(F)c(N3CCN(c4nsc5ccccc45)CC3)cc21. The lowest BCUT2D eigenvalue weighted by Crippen LogP contribution is -2.47. The number of carbonyl (C=O) groups is 1. The quantitative estimate of drug-likeness (QED) is 0.464. The van der Waals surface area contributed by atoms with E-state index >= 15 is 4.39 Å². The summed E-state index contributed by atoms with van der Waals surface area (Å²) in [5.74, 6) is -0.887. The van der Waals surface area contributed by atoms with E-state index in [2.05, 4.69) is 21.4 Å². The van der Waals surface area contributed by atoms with Gasteiger partial charge >= 0.3 is 5.97 Å². The summed E-state index contributed by atoms with van der Waals surface area (Å²) in [4.78, 5) is 28.6. The lowest BCUT2D eigenvalue weighted by Gasteiger charge is -2.37. The Morgan fingerprint density at radius 2 is 1.74 bits per heavy atom. The number of anilines is 2. The molecule has 0 saturated carbocycles. The Labute approximate surface area is 199 Å². The molecule has 0 unspecified atom stereocenters. The monoisotopic (exact) mass is 480 g/mol. The molecule has 0 bridgehead atoms. The molecular weight excluding hydrogens is 455 g/mol. The van der Waals surface area contributed by atoms with E-state index in [1.807, 2.05) is 37.8 Å². The average molecular weight is 481 g/mol. The Balaban J connectivity index is 1.51. The summed E-state index contributed by atoms with van der Waals surface area (Å²) >= 11 is 1.48. The third-order valence-corrected chi connectivity index (χ3v) is 7.12. The van der Waals surface area contributed by atoms with Crippen molar-refractivity contribution in [1.29, 1.82) is 0 Å². The summed E-state index contributed by atoms with van der Waals surface area (Å²) in [5.41, 5.74) is -0.606. The molecule has 34 heavy (non-hydrogen) atoms. The zero-order valence-electron chi connectivity index (χ0n) is 19.2. The van der Waals surface area contributed by atoms with Crippen LogP contribution < -0.4 is 15.2 Å². The first-order chi connectivity index (χ1) is 16.1. The number of hydrogen-bond donors (Lipinski definition) is 1. The van der Waals surface area contributed by atoms with Crippen LogP contribution in [0, 0.1) is 5.82 Å². The lowest BCUT2D eigenvalue weighted by atomic mass is 10.0. The third-order valence-electron chi connectivity index (χ3n) is 6.30. The molecule has 2 aromatic heterocycles. The number of halogens is 1. The van der Waals surface area contributed by atoms with Gasteiger partial charge in [-0.05, 0) is 56.6 Å². The fraction of sp³-hybridized carbons (Fsp3) is 0.320. The van der Waals surface area contributed by atoms with Crippen LogP contribution in [0.3, 0.4) is 0 Å². The summed E-state index contributed by atoms with van der Waals surface area (Å²) in [5, 5.41) is 10.7. The molecule has 176 valence electrons. The molecular formula is C25H25FN4O3S. The van der Waals surface area contributed by atoms with Gasteiger partial charge in [0.25, 0.3) is 0 Å². The van der Waals surface area contributed by atoms with Crippen molar-refractivity contribution in [2.24, 2.45) is 0 Å². The number of pyridine rings is 1. The molecule has 1 aliphatic heterocycles. The van der Waals surface area contributed by atoms with Gasteiger partial charge in [0.2, 0.25) is 5.43 Å². The molecule has 0 spiro atoms. The number of fused-ring (bicyclic) bond motifs is 2. The Kier molecular flexibility index (Phi) is 5.31. The van der Waals surface area contributed by atoms with Crippen LogP contribution >= 0.6 is 11.5 Å². The second-order valence-corrected chi connectivity index (χ2v) is 10.3. The second-order valence-electron chi connectivity index (χ2n) is 9.52. The number of hydrogen-bond acceptors (Lipinski definition) is 6. The van der Waals surface area contributed by atoms with Gasteiger partial charge in [0.15, 0.2) is 0 Å². The van der Waals surface area contributed by atoms with Crippen molar-refractivity contribution in [3.63, 3.8) is 0 Å². The second kappa shape index (κ2) is 8.09. The number of nitrogens with zero attached hydrogens (tertiary/aromatic N) is 4. The van der Waals surface area contributed by atoms with Crippen LogP contribution in [-0.2, 0) is 5.54 Å². The standard InChI is InChI=1S/C25H25FN4O3S/c1-25(2,3)30-14-17(24(32)33)22(31)16-12-18(26)20(13-19(16)30)28-8-10-29(11-9-28)23-15-6-4-5-7-21(15)34-27-23/h4-7,12-14H,8-11H2,1-3H3,(H,32,33). The zero-order valence-corrected chi connectivity index (χ0v) is 20.0. The summed E-state index contributed by atoms with van der Waals surface area (Å²) in [6.07, 6.45) is 1.36. The van der Waals surface area contributed by atoms with Gasteiger partial charge in [0.05, 0.1) is 15.9 Å². The largest absolute Gasteiger partial charge is 0.477 e. The van der Waals surface area contributed by atoms with Crippen LogP contribution in [0.25, 0.3) is 21.0 Å². The summed E-state index contributed by atoms with van der Waals surface area (Å²) < 4.78 is 22.8. The van der Waals surface area contributed by atoms with Crippen molar-refractivity contribution in [3.8, 4) is 0 Å². The van der Waals surface area contributed by atoms with Gasteiger partial charge in [-0.1, -0.05) is 12.1 Å². The van der Waals surface area contributed by atoms with Crippen LogP contribution in [0.15, 0.2) is 47.4 Å². The molecule has 0 amide bonds. The first-order valence-corrected chi connectivity index (χ1v) is 11.9. The van der Waals surface area contributed by atoms with Gasteiger partial charge in [-0.25, -0.2) is 9.18 Å². The number of rotatable bonds is 3. The first-order valence-electron chi connectivity index (χ1n) is 11.1. The molecule has 4 aromatic rings. The highest BCUT2D eigenvalue weighted by Gasteiger charge is 2.26. The van der Waals surface area contributed by atoms with E-state index in [0.717, 1.165) is 15.9 Å². The smallest absolute Gasteiger partial charge is 0.341 e. The van der Waals surface area contributed by atoms with Gasteiger partial charge in [0, 0.05) is 48.7 Å². The van der Waals surface area contributed by atoms with E-state index in [9.17, 15) is 14.7 Å². The number of carboxylic acids is 1. The molecule has 7 nitrogen and oxygen atoms in total. The van der Waals surface area contributed by atoms with E-state index in [0.29, 0.717) is 37.4 Å². The molecule has 1 aliphatic rings. The van der Waals surface area contributed by atoms with Gasteiger partial charge in [-0.15, -0.1) is 0 Å². The topological polar surface area (TPSA) is 78.7 Å². The van der Waals surface area contributed by atoms with Gasteiger partial charge < -0.3 is 19.5 Å². The first kappa shape index (κ1) is 22.3. The molecule has 0 atom stereocenters. The van der Waals surface area contributed by atoms with Crippen molar-refractivity contribution in [1.82, 2.24) is 8.94 Å². The van der Waals surface area contributed by atoms with E-state index < -0.39 is 22.8 Å². The number of piperazine rings is 1. The number of carboxylic acid groups (broad SMARTS) is 1. The Bertz CT molecular complexity index is 1480. The molecule has 9 heteroatoms. The molecule has 3 heterocycles. The Morgan fingerprint density at radius 1 is 1.06 bits per heavy atom. The van der Waals surface area contributed by atoms with Crippen LogP contribution in [0.4, 0.5) is 15.9 Å². The van der Waals surface area contributed by atoms with Crippen molar-refractivity contribution < 1.29 is 14.3 Å². The normalized spacial score (nSPS) is 14.8. The Morgan fingerprint density at radius 3 is 2.41 bits per heavy atom. The summed E-state index contributed by atoms with van der Waals surface area (Å²) in [6, 6.07) is 11.0. The maximum absolute atomic E-state index is 15.3. The van der Waals surface area contributed by atoms with E-state index in [1.165, 1.54) is 23.8 Å². The fourth-order valence-corrected chi connectivity index (χ4v) is 5.34. The maximum Gasteiger partial charge on any atom is 0.341 e. The summed E-state index contributed by atoms with van der Waals surface area (Å²) in [7, 11) is 0. The molecule has 5 rings (SSSR count). The maximum atomic E-state index is 15.3. The van der Waals surface area contributed by atoms with Crippen molar-refractivity contribution >= 4 is 50.0 Å². The van der Waals surface area contributed by atoms with Crippen LogP contribution in [0.2, 0.25) is 0 Å². The Hall–Kier alpha value is -3.46. The van der Waals surface area contributed by atoms with Crippen LogP contribution in [0.1, 0.15) is 31.1 Å². The van der Waals surface area contributed by atoms with Crippen molar-refractivity contribution in [2.45, 2.75) is 26.3 Å². The fourth-order valence-electron chi connectivity index (χ4n) is 4.54.